The van der Waals surface area contributed by atoms with Gasteiger partial charge in [0.05, 0.1) is 10.6 Å². The van der Waals surface area contributed by atoms with Crippen LogP contribution >= 0.6 is 11.3 Å². The van der Waals surface area contributed by atoms with Crippen molar-refractivity contribution < 1.29 is 4.79 Å². The van der Waals surface area contributed by atoms with Gasteiger partial charge in [0, 0.05) is 24.7 Å². The van der Waals surface area contributed by atoms with Crippen LogP contribution in [-0.4, -0.2) is 47.5 Å². The number of hydrogen-bond acceptors (Lipinski definition) is 4. The molecule has 3 aromatic rings. The Labute approximate surface area is 139 Å². The lowest BCUT2D eigenvalue weighted by Gasteiger charge is -2.12. The molecule has 0 unspecified atom stereocenters. The summed E-state index contributed by atoms with van der Waals surface area (Å²) in [5.74, 6) is 0.00723. The van der Waals surface area contributed by atoms with Gasteiger partial charge in [-0.15, -0.1) is 11.3 Å². The minimum absolute atomic E-state index is 0.00723. The van der Waals surface area contributed by atoms with Gasteiger partial charge in [0.15, 0.2) is 0 Å². The molecule has 0 aromatic carbocycles. The molecule has 0 fully saturated rings. The van der Waals surface area contributed by atoms with E-state index in [1.165, 1.54) is 0 Å². The van der Waals surface area contributed by atoms with Crippen LogP contribution in [0.5, 0.6) is 0 Å². The Morgan fingerprint density at radius 3 is 2.96 bits per heavy atom. The van der Waals surface area contributed by atoms with E-state index in [1.54, 1.807) is 17.5 Å². The predicted molar refractivity (Wildman–Crippen MR) is 94.6 cm³/mol. The zero-order chi connectivity index (χ0) is 16.2. The van der Waals surface area contributed by atoms with Gasteiger partial charge in [-0.1, -0.05) is 6.07 Å². The van der Waals surface area contributed by atoms with Crippen LogP contribution in [0.1, 0.15) is 0 Å². The number of aromatic nitrogens is 2. The summed E-state index contributed by atoms with van der Waals surface area (Å²) < 4.78 is 1.99. The Kier molecular flexibility index (Phi) is 4.73. The van der Waals surface area contributed by atoms with Crippen molar-refractivity contribution in [3.05, 3.63) is 41.9 Å². The maximum absolute atomic E-state index is 12.3. The van der Waals surface area contributed by atoms with Crippen molar-refractivity contribution >= 4 is 28.3 Å². The van der Waals surface area contributed by atoms with Crippen molar-refractivity contribution in [1.29, 1.82) is 0 Å². The molecule has 1 N–H and O–H groups in total. The molecule has 3 rings (SSSR count). The van der Waals surface area contributed by atoms with Gasteiger partial charge in [-0.25, -0.2) is 4.98 Å². The van der Waals surface area contributed by atoms with Gasteiger partial charge in [0.2, 0.25) is 5.91 Å². The number of thiophene rings is 1. The smallest absolute Gasteiger partial charge is 0.240 e. The number of nitrogens with zero attached hydrogens (tertiary/aromatic N) is 3. The first-order valence-electron chi connectivity index (χ1n) is 7.54. The fourth-order valence-corrected chi connectivity index (χ4v) is 3.24. The second-order valence-corrected chi connectivity index (χ2v) is 6.61. The average molecular weight is 328 g/mol. The largest absolute Gasteiger partial charge is 0.353 e. The highest BCUT2D eigenvalue weighted by atomic mass is 32.1. The topological polar surface area (TPSA) is 50.2 Å². The molecule has 0 saturated heterocycles. The summed E-state index contributed by atoms with van der Waals surface area (Å²) in [5, 5.41) is 6.06. The van der Waals surface area contributed by atoms with Crippen LogP contribution in [0.4, 0.5) is 0 Å². The predicted octanol–water partition coefficient (Wildman–Crippen LogP) is 2.44. The van der Waals surface area contributed by atoms with Crippen molar-refractivity contribution in [3.8, 4) is 10.6 Å². The fourth-order valence-electron chi connectivity index (χ4n) is 2.49. The molecule has 120 valence electrons. The van der Waals surface area contributed by atoms with Gasteiger partial charge in [0.1, 0.15) is 12.2 Å². The molecule has 1 amide bonds. The third-order valence-electron chi connectivity index (χ3n) is 3.61. The lowest BCUT2D eigenvalue weighted by molar-refractivity contribution is -0.121. The molecular formula is C17H20N4OS. The van der Waals surface area contributed by atoms with E-state index < -0.39 is 0 Å². The van der Waals surface area contributed by atoms with Crippen molar-refractivity contribution in [3.63, 3.8) is 0 Å². The molecule has 3 aromatic heterocycles. The molecule has 0 aliphatic carbocycles. The van der Waals surface area contributed by atoms with Crippen LogP contribution in [0.15, 0.2) is 41.9 Å². The van der Waals surface area contributed by atoms with E-state index in [0.29, 0.717) is 6.54 Å². The number of hydrogen-bond donors (Lipinski definition) is 1. The molecule has 3 heterocycles. The molecule has 23 heavy (non-hydrogen) atoms. The lowest BCUT2D eigenvalue weighted by atomic mass is 10.3. The van der Waals surface area contributed by atoms with Crippen LogP contribution in [0.3, 0.4) is 0 Å². The van der Waals surface area contributed by atoms with Crippen LogP contribution in [-0.2, 0) is 11.3 Å². The van der Waals surface area contributed by atoms with Crippen LogP contribution in [0, 0.1) is 0 Å². The molecule has 0 aliphatic rings. The van der Waals surface area contributed by atoms with Crippen molar-refractivity contribution in [1.82, 2.24) is 19.8 Å². The van der Waals surface area contributed by atoms with E-state index in [0.717, 1.165) is 28.1 Å². The van der Waals surface area contributed by atoms with E-state index >= 15 is 0 Å². The lowest BCUT2D eigenvalue weighted by Crippen LogP contribution is -2.33. The molecule has 0 atom stereocenters. The monoisotopic (exact) mass is 328 g/mol. The number of carbonyl (C=O) groups is 1. The molecule has 0 radical (unpaired) electrons. The van der Waals surface area contributed by atoms with E-state index in [2.05, 4.69) is 22.4 Å². The van der Waals surface area contributed by atoms with E-state index in [1.807, 2.05) is 47.1 Å². The highest BCUT2D eigenvalue weighted by Gasteiger charge is 2.14. The molecule has 5 nitrogen and oxygen atoms in total. The van der Waals surface area contributed by atoms with Crippen LogP contribution in [0.25, 0.3) is 21.6 Å². The SMILES string of the molecule is CN(C)CCNC(=O)Cn1c(-c2cccs2)cc2cccnc21. The Balaban J connectivity index is 1.86. The van der Waals surface area contributed by atoms with Gasteiger partial charge in [-0.05, 0) is 43.7 Å². The summed E-state index contributed by atoms with van der Waals surface area (Å²) in [4.78, 5) is 19.9. The third kappa shape index (κ3) is 3.60. The fraction of sp³-hybridized carbons (Fsp3) is 0.294. The maximum Gasteiger partial charge on any atom is 0.240 e. The number of amides is 1. The zero-order valence-electron chi connectivity index (χ0n) is 13.3. The number of likely N-dealkylation sites (N-methyl/N-ethyl adjacent to an activating group) is 1. The summed E-state index contributed by atoms with van der Waals surface area (Å²) in [6, 6.07) is 10.1. The number of pyridine rings is 1. The van der Waals surface area contributed by atoms with E-state index in [4.69, 9.17) is 0 Å². The molecule has 6 heteroatoms. The van der Waals surface area contributed by atoms with Crippen LogP contribution in [0.2, 0.25) is 0 Å². The highest BCUT2D eigenvalue weighted by Crippen LogP contribution is 2.30. The molecule has 0 aliphatic heterocycles. The van der Waals surface area contributed by atoms with Gasteiger partial charge >= 0.3 is 0 Å². The Bertz CT molecular complexity index is 792. The summed E-state index contributed by atoms with van der Waals surface area (Å²) in [7, 11) is 3.98. The molecule has 0 bridgehead atoms. The third-order valence-corrected chi connectivity index (χ3v) is 4.50. The second kappa shape index (κ2) is 6.93. The normalized spacial score (nSPS) is 11.3. The zero-order valence-corrected chi connectivity index (χ0v) is 14.1. The van der Waals surface area contributed by atoms with Gasteiger partial charge in [0.25, 0.3) is 0 Å². The van der Waals surface area contributed by atoms with Gasteiger partial charge < -0.3 is 14.8 Å². The summed E-state index contributed by atoms with van der Waals surface area (Å²) >= 11 is 1.67. The number of fused-ring (bicyclic) bond motifs is 1. The Morgan fingerprint density at radius 1 is 1.35 bits per heavy atom. The van der Waals surface area contributed by atoms with Crippen molar-refractivity contribution in [2.24, 2.45) is 0 Å². The minimum atomic E-state index is 0.00723. The number of carbonyl (C=O) groups excluding carboxylic acids is 1. The first kappa shape index (κ1) is 15.7. The second-order valence-electron chi connectivity index (χ2n) is 5.66. The standard InChI is InChI=1S/C17H20N4OS/c1-20(2)9-8-18-16(22)12-21-14(15-6-4-10-23-15)11-13-5-3-7-19-17(13)21/h3-7,10-11H,8-9,12H2,1-2H3,(H,18,22). The average Bonchev–Trinajstić information content (AvgIpc) is 3.15. The van der Waals surface area contributed by atoms with Crippen molar-refractivity contribution in [2.45, 2.75) is 6.54 Å². The van der Waals surface area contributed by atoms with Crippen LogP contribution < -0.4 is 5.32 Å². The number of rotatable bonds is 6. The van der Waals surface area contributed by atoms with Gasteiger partial charge in [-0.3, -0.25) is 4.79 Å². The summed E-state index contributed by atoms with van der Waals surface area (Å²) in [6.07, 6.45) is 1.76. The first-order chi connectivity index (χ1) is 11.1. The van der Waals surface area contributed by atoms with Gasteiger partial charge in [-0.2, -0.15) is 0 Å². The van der Waals surface area contributed by atoms with E-state index in [-0.39, 0.29) is 12.5 Å². The Morgan fingerprint density at radius 2 is 2.22 bits per heavy atom. The molecule has 0 saturated carbocycles. The highest BCUT2D eigenvalue weighted by molar-refractivity contribution is 7.13. The van der Waals surface area contributed by atoms with E-state index in [9.17, 15) is 4.79 Å². The minimum Gasteiger partial charge on any atom is -0.353 e. The first-order valence-corrected chi connectivity index (χ1v) is 8.42. The summed E-state index contributed by atoms with van der Waals surface area (Å²) in [5.41, 5.74) is 1.88. The molecular weight excluding hydrogens is 308 g/mol. The quantitative estimate of drug-likeness (QED) is 0.756. The summed E-state index contributed by atoms with van der Waals surface area (Å²) in [6.45, 7) is 1.75. The number of nitrogens with one attached hydrogen (secondary N) is 1. The Hall–Kier alpha value is -2.18. The maximum atomic E-state index is 12.3. The van der Waals surface area contributed by atoms with Crippen molar-refractivity contribution in [2.75, 3.05) is 27.2 Å². The molecule has 0 spiro atoms.